The van der Waals surface area contributed by atoms with Crippen molar-refractivity contribution in [3.63, 3.8) is 0 Å². The van der Waals surface area contributed by atoms with E-state index in [1.807, 2.05) is 29.2 Å². The van der Waals surface area contributed by atoms with E-state index in [1.165, 1.54) is 0 Å². The number of amides is 2. The van der Waals surface area contributed by atoms with Gasteiger partial charge in [-0.3, -0.25) is 9.59 Å². The number of nitrogens with zero attached hydrogens (tertiary/aromatic N) is 3. The molecule has 1 unspecified atom stereocenters. The van der Waals surface area contributed by atoms with Gasteiger partial charge in [-0.05, 0) is 25.0 Å². The number of aromatic nitrogens is 2. The molecule has 2 amide bonds. The van der Waals surface area contributed by atoms with E-state index >= 15 is 0 Å². The maximum Gasteiger partial charge on any atom is 0.223 e. The highest BCUT2D eigenvalue weighted by molar-refractivity contribution is 5.88. The molecule has 4 rings (SSSR count). The summed E-state index contributed by atoms with van der Waals surface area (Å²) in [5, 5.41) is 0. The molecule has 0 bridgehead atoms. The molecule has 3 heterocycles. The number of H-pyrrole nitrogens is 1. The summed E-state index contributed by atoms with van der Waals surface area (Å²) in [5.41, 5.74) is 7.35. The van der Waals surface area contributed by atoms with E-state index < -0.39 is 0 Å². The predicted molar refractivity (Wildman–Crippen MR) is 90.3 cm³/mol. The van der Waals surface area contributed by atoms with Crippen molar-refractivity contribution in [3.05, 3.63) is 24.3 Å². The lowest BCUT2D eigenvalue weighted by atomic mass is 10.0. The Morgan fingerprint density at radius 1 is 1.25 bits per heavy atom. The number of anilines is 1. The third-order valence-corrected chi connectivity index (χ3v) is 5.14. The number of rotatable bonds is 3. The summed E-state index contributed by atoms with van der Waals surface area (Å²) in [4.78, 5) is 35.5. The summed E-state index contributed by atoms with van der Waals surface area (Å²) < 4.78 is 0. The molecule has 0 aliphatic carbocycles. The molecule has 0 radical (unpaired) electrons. The van der Waals surface area contributed by atoms with Crippen molar-refractivity contribution < 1.29 is 9.59 Å². The number of aromatic amines is 1. The van der Waals surface area contributed by atoms with Crippen LogP contribution in [0.2, 0.25) is 0 Å². The number of piperidine rings is 1. The molecule has 24 heavy (non-hydrogen) atoms. The number of benzene rings is 1. The molecule has 1 aromatic carbocycles. The van der Waals surface area contributed by atoms with Gasteiger partial charge in [-0.15, -0.1) is 0 Å². The fraction of sp³-hybridized carbons (Fsp3) is 0.471. The zero-order valence-corrected chi connectivity index (χ0v) is 13.4. The zero-order valence-electron chi connectivity index (χ0n) is 13.4. The number of para-hydroxylation sites is 2. The van der Waals surface area contributed by atoms with Gasteiger partial charge in [0.05, 0.1) is 17.0 Å². The number of hydrogen-bond donors (Lipinski definition) is 2. The third kappa shape index (κ3) is 2.60. The summed E-state index contributed by atoms with van der Waals surface area (Å²) in [6.45, 7) is 2.16. The maximum absolute atomic E-state index is 12.1. The fourth-order valence-electron chi connectivity index (χ4n) is 3.75. The van der Waals surface area contributed by atoms with E-state index in [2.05, 4.69) is 14.9 Å². The highest BCUT2D eigenvalue weighted by Gasteiger charge is 2.38. The van der Waals surface area contributed by atoms with Gasteiger partial charge in [-0.2, -0.15) is 0 Å². The van der Waals surface area contributed by atoms with Gasteiger partial charge in [0.2, 0.25) is 17.8 Å². The highest BCUT2D eigenvalue weighted by Crippen LogP contribution is 2.27. The summed E-state index contributed by atoms with van der Waals surface area (Å²) in [6, 6.07) is 8.18. The quantitative estimate of drug-likeness (QED) is 0.874. The smallest absolute Gasteiger partial charge is 0.223 e. The van der Waals surface area contributed by atoms with Gasteiger partial charge in [0, 0.05) is 32.1 Å². The monoisotopic (exact) mass is 327 g/mol. The van der Waals surface area contributed by atoms with Gasteiger partial charge in [0.15, 0.2) is 0 Å². The van der Waals surface area contributed by atoms with Crippen LogP contribution in [-0.2, 0) is 9.59 Å². The van der Waals surface area contributed by atoms with Crippen molar-refractivity contribution in [1.82, 2.24) is 14.9 Å². The second-order valence-electron chi connectivity index (χ2n) is 6.65. The van der Waals surface area contributed by atoms with Gasteiger partial charge in [0.1, 0.15) is 0 Å². The lowest BCUT2D eigenvalue weighted by Crippen LogP contribution is -2.46. The van der Waals surface area contributed by atoms with E-state index in [-0.39, 0.29) is 30.2 Å². The average Bonchev–Trinajstić information content (AvgIpc) is 3.18. The number of nitrogens with two attached hydrogens (primary N) is 1. The highest BCUT2D eigenvalue weighted by atomic mass is 16.2. The standard InChI is InChI=1S/C17H21N5O2/c18-16(24)11-9-15(23)22(10-11)12-5-7-21(8-6-12)17-19-13-3-1-2-4-14(13)20-17/h1-4,11-12H,5-10H2,(H2,18,24)(H,19,20). The topological polar surface area (TPSA) is 95.3 Å². The Balaban J connectivity index is 1.41. The Kier molecular flexibility index (Phi) is 3.63. The number of carbonyl (C=O) groups excluding carboxylic acids is 2. The van der Waals surface area contributed by atoms with Crippen LogP contribution in [0.25, 0.3) is 11.0 Å². The van der Waals surface area contributed by atoms with Crippen molar-refractivity contribution in [2.24, 2.45) is 11.7 Å². The van der Waals surface area contributed by atoms with E-state index in [9.17, 15) is 9.59 Å². The lowest BCUT2D eigenvalue weighted by Gasteiger charge is -2.36. The Morgan fingerprint density at radius 3 is 2.67 bits per heavy atom. The molecule has 2 aromatic rings. The van der Waals surface area contributed by atoms with E-state index in [4.69, 9.17) is 5.73 Å². The summed E-state index contributed by atoms with van der Waals surface area (Å²) in [5.74, 6) is 0.245. The molecule has 126 valence electrons. The molecule has 2 fully saturated rings. The molecule has 0 saturated carbocycles. The zero-order chi connectivity index (χ0) is 16.7. The Bertz CT molecular complexity index is 745. The lowest BCUT2D eigenvalue weighted by molar-refractivity contribution is -0.130. The van der Waals surface area contributed by atoms with E-state index in [0.717, 1.165) is 42.9 Å². The largest absolute Gasteiger partial charge is 0.369 e. The van der Waals surface area contributed by atoms with Crippen molar-refractivity contribution in [2.75, 3.05) is 24.5 Å². The van der Waals surface area contributed by atoms with Crippen LogP contribution in [-0.4, -0.2) is 52.4 Å². The Morgan fingerprint density at radius 2 is 2.00 bits per heavy atom. The van der Waals surface area contributed by atoms with Crippen LogP contribution in [0.1, 0.15) is 19.3 Å². The Labute approximate surface area is 139 Å². The first-order valence-electron chi connectivity index (χ1n) is 8.40. The summed E-state index contributed by atoms with van der Waals surface area (Å²) in [7, 11) is 0. The van der Waals surface area contributed by atoms with Crippen LogP contribution >= 0.6 is 0 Å². The number of hydrogen-bond acceptors (Lipinski definition) is 4. The summed E-state index contributed by atoms with van der Waals surface area (Å²) in [6.07, 6.45) is 2.03. The van der Waals surface area contributed by atoms with Crippen LogP contribution in [0.5, 0.6) is 0 Å². The first kappa shape index (κ1) is 15.0. The van der Waals surface area contributed by atoms with Gasteiger partial charge in [-0.25, -0.2) is 4.98 Å². The minimum atomic E-state index is -0.370. The minimum Gasteiger partial charge on any atom is -0.369 e. The number of nitrogens with one attached hydrogen (secondary N) is 1. The normalized spacial score (nSPS) is 22.5. The van der Waals surface area contributed by atoms with Gasteiger partial charge in [-0.1, -0.05) is 12.1 Å². The van der Waals surface area contributed by atoms with Crippen LogP contribution < -0.4 is 10.6 Å². The van der Waals surface area contributed by atoms with Crippen molar-refractivity contribution >= 4 is 28.8 Å². The molecule has 3 N–H and O–H groups in total. The van der Waals surface area contributed by atoms with Gasteiger partial charge in [0.25, 0.3) is 0 Å². The van der Waals surface area contributed by atoms with Gasteiger partial charge < -0.3 is 20.5 Å². The SMILES string of the molecule is NC(=O)C1CC(=O)N(C2CCN(c3nc4ccccc4[nH]3)CC2)C1. The molecular weight excluding hydrogens is 306 g/mol. The van der Waals surface area contributed by atoms with Crippen LogP contribution in [0, 0.1) is 5.92 Å². The van der Waals surface area contributed by atoms with E-state index in [0.29, 0.717) is 6.54 Å². The first-order valence-corrected chi connectivity index (χ1v) is 8.40. The van der Waals surface area contributed by atoms with Crippen LogP contribution in [0.15, 0.2) is 24.3 Å². The van der Waals surface area contributed by atoms with Crippen molar-refractivity contribution in [3.8, 4) is 0 Å². The van der Waals surface area contributed by atoms with Crippen LogP contribution in [0.3, 0.4) is 0 Å². The molecule has 2 saturated heterocycles. The molecule has 0 spiro atoms. The number of primary amides is 1. The number of fused-ring (bicyclic) bond motifs is 1. The average molecular weight is 327 g/mol. The fourth-order valence-corrected chi connectivity index (χ4v) is 3.75. The van der Waals surface area contributed by atoms with Crippen molar-refractivity contribution in [1.29, 1.82) is 0 Å². The molecule has 2 aliphatic rings. The molecule has 1 atom stereocenters. The molecular formula is C17H21N5O2. The maximum atomic E-state index is 12.1. The van der Waals surface area contributed by atoms with Crippen molar-refractivity contribution in [2.45, 2.75) is 25.3 Å². The molecule has 2 aliphatic heterocycles. The van der Waals surface area contributed by atoms with Gasteiger partial charge >= 0.3 is 0 Å². The predicted octanol–water partition coefficient (Wildman–Crippen LogP) is 0.865. The Hall–Kier alpha value is -2.57. The molecule has 7 heteroatoms. The second kappa shape index (κ2) is 5.81. The van der Waals surface area contributed by atoms with Crippen LogP contribution in [0.4, 0.5) is 5.95 Å². The molecule has 7 nitrogen and oxygen atoms in total. The first-order chi connectivity index (χ1) is 11.6. The number of carbonyl (C=O) groups is 2. The number of likely N-dealkylation sites (tertiary alicyclic amines) is 1. The number of imidazole rings is 1. The second-order valence-corrected chi connectivity index (χ2v) is 6.65. The minimum absolute atomic E-state index is 0.0565. The molecule has 1 aromatic heterocycles. The summed E-state index contributed by atoms with van der Waals surface area (Å²) >= 11 is 0. The third-order valence-electron chi connectivity index (χ3n) is 5.14. The van der Waals surface area contributed by atoms with E-state index in [1.54, 1.807) is 0 Å².